The van der Waals surface area contributed by atoms with Crippen molar-refractivity contribution < 1.29 is 42.2 Å². The van der Waals surface area contributed by atoms with Gasteiger partial charge in [-0.15, -0.1) is 17.7 Å². The molecule has 0 aliphatic heterocycles. The molecular weight excluding hydrogens is 315 g/mol. The summed E-state index contributed by atoms with van der Waals surface area (Å²) in [5, 5.41) is 0. The monoisotopic (exact) mass is 329 g/mol. The van der Waals surface area contributed by atoms with Gasteiger partial charge in [0.05, 0.1) is 7.11 Å². The Morgan fingerprint density at radius 3 is 2.42 bits per heavy atom. The van der Waals surface area contributed by atoms with Crippen molar-refractivity contribution in [1.82, 2.24) is 4.98 Å². The molecule has 95 valence electrons. The summed E-state index contributed by atoms with van der Waals surface area (Å²) in [5.74, 6) is -0.380. The van der Waals surface area contributed by atoms with Crippen LogP contribution < -0.4 is 0 Å². The Hall–Kier alpha value is -1.06. The molecule has 2 aromatic rings. The molecule has 1 aromatic heterocycles. The second kappa shape index (κ2) is 6.92. The van der Waals surface area contributed by atoms with Crippen molar-refractivity contribution in [2.45, 2.75) is 13.8 Å². The van der Waals surface area contributed by atoms with Gasteiger partial charge in [-0.3, -0.25) is 9.78 Å². The molecule has 0 aliphatic carbocycles. The van der Waals surface area contributed by atoms with Crippen LogP contribution in [0.1, 0.15) is 21.7 Å². The number of benzene rings is 1. The molecule has 0 unspecified atom stereocenters. The first-order valence-corrected chi connectivity index (χ1v) is 5.67. The number of nitrogens with zero attached hydrogens (tertiary/aromatic N) is 1. The summed E-state index contributed by atoms with van der Waals surface area (Å²) in [4.78, 5) is 16.1. The number of carbonyl (C=O) groups is 1. The van der Waals surface area contributed by atoms with Crippen molar-refractivity contribution in [3.8, 4) is 11.1 Å². The number of ether oxygens (including phenoxy) is 1. The summed E-state index contributed by atoms with van der Waals surface area (Å²) in [6.45, 7) is 3.67. The van der Waals surface area contributed by atoms with Crippen molar-refractivity contribution in [3.05, 3.63) is 53.3 Å². The van der Waals surface area contributed by atoms with Crippen LogP contribution in [0, 0.1) is 19.9 Å². The fourth-order valence-corrected chi connectivity index (χ4v) is 1.93. The first kappa shape index (κ1) is 16.0. The number of methoxy groups -OCH3 is 1. The van der Waals surface area contributed by atoms with E-state index in [2.05, 4.69) is 11.1 Å². The Kier molecular flexibility index (Phi) is 5.83. The van der Waals surface area contributed by atoms with Crippen LogP contribution in [-0.4, -0.2) is 18.1 Å². The van der Waals surface area contributed by atoms with Gasteiger partial charge >= 0.3 is 0 Å². The van der Waals surface area contributed by atoms with Crippen molar-refractivity contribution in [3.63, 3.8) is 0 Å². The van der Waals surface area contributed by atoms with Gasteiger partial charge in [0.2, 0.25) is 0 Å². The molecule has 0 aliphatic rings. The van der Waals surface area contributed by atoms with Gasteiger partial charge in [0, 0.05) is 32.7 Å². The van der Waals surface area contributed by atoms with Crippen molar-refractivity contribution >= 4 is 5.97 Å². The maximum atomic E-state index is 11.9. The topological polar surface area (TPSA) is 39.2 Å². The van der Waals surface area contributed by atoms with Crippen LogP contribution in [0.15, 0.2) is 30.3 Å². The quantitative estimate of drug-likeness (QED) is 0.628. The molecule has 2 rings (SSSR count). The molecule has 0 spiro atoms. The molecule has 0 saturated heterocycles. The van der Waals surface area contributed by atoms with E-state index >= 15 is 0 Å². The predicted octanol–water partition coefficient (Wildman–Crippen LogP) is 2.95. The summed E-state index contributed by atoms with van der Waals surface area (Å²) in [5.41, 5.74) is 3.59. The number of rotatable bonds is 2. The minimum absolute atomic E-state index is 0. The molecule has 0 bridgehead atoms. The molecule has 0 fully saturated rings. The molecule has 0 amide bonds. The Morgan fingerprint density at radius 1 is 1.21 bits per heavy atom. The van der Waals surface area contributed by atoms with E-state index in [9.17, 15) is 4.79 Å². The zero-order chi connectivity index (χ0) is 13.1. The fraction of sp³-hybridized carbons (Fsp3) is 0.200. The summed E-state index contributed by atoms with van der Waals surface area (Å²) >= 11 is 0. The molecule has 3 nitrogen and oxygen atoms in total. The number of carbonyl (C=O) groups excluding carboxylic acids is 1. The first-order valence-electron chi connectivity index (χ1n) is 5.67. The SMILES string of the molecule is COC(=O)c1c(-c2ccccc2)[c-]c(C)nc1C.[Y]. The first-order chi connectivity index (χ1) is 8.63. The fourth-order valence-electron chi connectivity index (χ4n) is 1.93. The van der Waals surface area contributed by atoms with Crippen molar-refractivity contribution in [2.24, 2.45) is 0 Å². The van der Waals surface area contributed by atoms with E-state index in [0.717, 1.165) is 16.8 Å². The Labute approximate surface area is 138 Å². The van der Waals surface area contributed by atoms with Crippen LogP contribution in [0.2, 0.25) is 0 Å². The van der Waals surface area contributed by atoms with E-state index in [1.54, 1.807) is 6.92 Å². The molecule has 1 radical (unpaired) electrons. The standard InChI is InChI=1S/C15H14NO2.Y/c1-10-9-13(12-7-5-4-6-8-12)14(11(2)16-10)15(17)18-3;/h4-8H,1-3H3;/q-1;. The third-order valence-corrected chi connectivity index (χ3v) is 2.71. The minimum atomic E-state index is -0.380. The van der Waals surface area contributed by atoms with E-state index < -0.39 is 0 Å². The second-order valence-corrected chi connectivity index (χ2v) is 4.02. The summed E-state index contributed by atoms with van der Waals surface area (Å²) in [6, 6.07) is 12.8. The van der Waals surface area contributed by atoms with Crippen LogP contribution in [0.3, 0.4) is 0 Å². The van der Waals surface area contributed by atoms with Crippen LogP contribution >= 0.6 is 0 Å². The average molecular weight is 329 g/mol. The van der Waals surface area contributed by atoms with Gasteiger partial charge in [0.25, 0.3) is 5.97 Å². The molecule has 19 heavy (non-hydrogen) atoms. The second-order valence-electron chi connectivity index (χ2n) is 4.02. The Bertz CT molecular complexity index is 582. The third-order valence-electron chi connectivity index (χ3n) is 2.71. The third kappa shape index (κ3) is 3.49. The Balaban J connectivity index is 0.00000180. The van der Waals surface area contributed by atoms with Gasteiger partial charge in [-0.05, 0) is 30.8 Å². The molecule has 0 N–H and O–H groups in total. The molecule has 0 saturated carbocycles. The normalized spacial score (nSPS) is 9.63. The maximum absolute atomic E-state index is 11.9. The van der Waals surface area contributed by atoms with E-state index in [1.165, 1.54) is 7.11 Å². The zero-order valence-corrected chi connectivity index (χ0v) is 14.1. The predicted molar refractivity (Wildman–Crippen MR) is 69.3 cm³/mol. The molecule has 4 heteroatoms. The summed E-state index contributed by atoms with van der Waals surface area (Å²) in [7, 11) is 1.37. The number of aryl methyl sites for hydroxylation is 2. The number of pyridine rings is 1. The molecule has 1 aromatic carbocycles. The van der Waals surface area contributed by atoms with Gasteiger partial charge in [-0.1, -0.05) is 18.2 Å². The van der Waals surface area contributed by atoms with Gasteiger partial charge in [-0.25, -0.2) is 0 Å². The van der Waals surface area contributed by atoms with E-state index in [4.69, 9.17) is 4.74 Å². The summed E-state index contributed by atoms with van der Waals surface area (Å²) in [6.07, 6.45) is 0. The smallest absolute Gasteiger partial charge is 0.283 e. The number of aromatic nitrogens is 1. The van der Waals surface area contributed by atoms with Gasteiger partial charge < -0.3 is 4.74 Å². The minimum Gasteiger partial charge on any atom is -0.475 e. The number of esters is 1. The van der Waals surface area contributed by atoms with Gasteiger partial charge in [-0.2, -0.15) is 11.6 Å². The van der Waals surface area contributed by atoms with Crippen molar-refractivity contribution in [1.29, 1.82) is 0 Å². The van der Waals surface area contributed by atoms with Gasteiger partial charge in [0.15, 0.2) is 0 Å². The number of hydrogen-bond donors (Lipinski definition) is 0. The summed E-state index contributed by atoms with van der Waals surface area (Å²) < 4.78 is 4.82. The maximum Gasteiger partial charge on any atom is 0.283 e. The average Bonchev–Trinajstić information content (AvgIpc) is 2.38. The van der Waals surface area contributed by atoms with Crippen molar-refractivity contribution in [2.75, 3.05) is 7.11 Å². The van der Waals surface area contributed by atoms with Gasteiger partial charge in [0.1, 0.15) is 0 Å². The van der Waals surface area contributed by atoms with Crippen LogP contribution in [0.4, 0.5) is 0 Å². The van der Waals surface area contributed by atoms with Crippen LogP contribution in [0.5, 0.6) is 0 Å². The van der Waals surface area contributed by atoms with Crippen LogP contribution in [-0.2, 0) is 37.4 Å². The Morgan fingerprint density at radius 2 is 1.84 bits per heavy atom. The molecular formula is C15H14NO2Y-. The molecule has 1 heterocycles. The van der Waals surface area contributed by atoms with E-state index in [1.807, 2.05) is 37.3 Å². The van der Waals surface area contributed by atoms with E-state index in [0.29, 0.717) is 11.3 Å². The van der Waals surface area contributed by atoms with E-state index in [-0.39, 0.29) is 38.7 Å². The number of hydrogen-bond acceptors (Lipinski definition) is 3. The van der Waals surface area contributed by atoms with Crippen LogP contribution in [0.25, 0.3) is 11.1 Å². The molecule has 0 atom stereocenters. The zero-order valence-electron chi connectivity index (χ0n) is 11.2. The largest absolute Gasteiger partial charge is 0.475 e.